The predicted molar refractivity (Wildman–Crippen MR) is 146 cm³/mol. The van der Waals surface area contributed by atoms with Gasteiger partial charge in [-0.05, 0) is 83.6 Å². The Morgan fingerprint density at radius 2 is 1.36 bits per heavy atom. The fourth-order valence-electron chi connectivity index (χ4n) is 7.28. The second kappa shape index (κ2) is 8.21. The molecule has 1 fully saturated rings. The average molecular weight is 517 g/mol. The molecule has 4 aromatic carbocycles. The molecule has 6 heteroatoms. The molecular weight excluding hydrogens is 491 g/mol. The highest BCUT2D eigenvalue weighted by atomic mass is 19.1. The summed E-state index contributed by atoms with van der Waals surface area (Å²) in [6.45, 7) is 3.93. The van der Waals surface area contributed by atoms with Crippen molar-refractivity contribution in [1.82, 2.24) is 0 Å². The number of anilines is 2. The molecule has 0 unspecified atom stereocenters. The molecule has 0 spiro atoms. The van der Waals surface area contributed by atoms with E-state index < -0.39 is 29.0 Å². The number of hydrogen-bond donors (Lipinski definition) is 1. The third-order valence-electron chi connectivity index (χ3n) is 8.54. The molecule has 2 atom stereocenters. The van der Waals surface area contributed by atoms with Crippen LogP contribution < -0.4 is 10.2 Å². The van der Waals surface area contributed by atoms with Gasteiger partial charge < -0.3 is 5.32 Å². The van der Waals surface area contributed by atoms with Crippen molar-refractivity contribution in [1.29, 1.82) is 0 Å². The third-order valence-corrected chi connectivity index (χ3v) is 8.54. The second-order valence-corrected chi connectivity index (χ2v) is 10.8. The summed E-state index contributed by atoms with van der Waals surface area (Å²) in [5.74, 6) is -3.70. The van der Waals surface area contributed by atoms with Crippen molar-refractivity contribution < 1.29 is 18.8 Å². The summed E-state index contributed by atoms with van der Waals surface area (Å²) in [5, 5.41) is 3.13. The van der Waals surface area contributed by atoms with Gasteiger partial charge in [0.05, 0.1) is 17.5 Å². The highest BCUT2D eigenvalue weighted by molar-refractivity contribution is 6.26. The van der Waals surface area contributed by atoms with Crippen LogP contribution in [0.4, 0.5) is 15.8 Å². The zero-order chi connectivity index (χ0) is 27.1. The summed E-state index contributed by atoms with van der Waals surface area (Å²) in [6.07, 6.45) is 0. The quantitative estimate of drug-likeness (QED) is 0.359. The van der Waals surface area contributed by atoms with Gasteiger partial charge in [-0.15, -0.1) is 0 Å². The highest BCUT2D eigenvalue weighted by Gasteiger charge is 2.71. The lowest BCUT2D eigenvalue weighted by Gasteiger charge is -2.52. The Morgan fingerprint density at radius 3 is 1.95 bits per heavy atom. The van der Waals surface area contributed by atoms with E-state index in [2.05, 4.69) is 5.32 Å². The maximum absolute atomic E-state index is 14.7. The number of carbonyl (C=O) groups is 3. The summed E-state index contributed by atoms with van der Waals surface area (Å²) in [7, 11) is 0. The first kappa shape index (κ1) is 23.5. The lowest BCUT2D eigenvalue weighted by Crippen LogP contribution is -2.59. The van der Waals surface area contributed by atoms with Crippen LogP contribution in [0.1, 0.15) is 39.3 Å². The maximum atomic E-state index is 14.7. The average Bonchev–Trinajstić information content (AvgIpc) is 3.19. The minimum Gasteiger partial charge on any atom is -0.325 e. The van der Waals surface area contributed by atoms with Crippen LogP contribution in [-0.2, 0) is 19.8 Å². The smallest absolute Gasteiger partial charge is 0.240 e. The van der Waals surface area contributed by atoms with Gasteiger partial charge in [0.15, 0.2) is 0 Å². The van der Waals surface area contributed by atoms with E-state index >= 15 is 0 Å². The summed E-state index contributed by atoms with van der Waals surface area (Å²) in [6, 6.07) is 26.5. The molecule has 4 aromatic rings. The van der Waals surface area contributed by atoms with Crippen LogP contribution in [0.15, 0.2) is 91.0 Å². The van der Waals surface area contributed by atoms with Crippen LogP contribution in [0.2, 0.25) is 0 Å². The molecule has 39 heavy (non-hydrogen) atoms. The van der Waals surface area contributed by atoms with E-state index in [0.717, 1.165) is 38.3 Å². The van der Waals surface area contributed by atoms with Gasteiger partial charge >= 0.3 is 0 Å². The summed E-state index contributed by atoms with van der Waals surface area (Å²) in [4.78, 5) is 44.4. The molecule has 1 N–H and O–H groups in total. The van der Waals surface area contributed by atoms with Crippen molar-refractivity contribution in [3.05, 3.63) is 130 Å². The van der Waals surface area contributed by atoms with E-state index in [1.165, 1.54) is 24.3 Å². The molecule has 2 bridgehead atoms. The monoisotopic (exact) mass is 516 g/mol. The van der Waals surface area contributed by atoms with Gasteiger partial charge in [0.25, 0.3) is 0 Å². The molecule has 0 aromatic heterocycles. The van der Waals surface area contributed by atoms with Gasteiger partial charge in [-0.2, -0.15) is 0 Å². The number of imide groups is 1. The Bertz CT molecular complexity index is 1640. The molecule has 3 amide bonds. The van der Waals surface area contributed by atoms with Gasteiger partial charge in [-0.1, -0.05) is 54.6 Å². The zero-order valence-electron chi connectivity index (χ0n) is 21.4. The number of benzene rings is 4. The molecule has 1 heterocycles. The molecule has 0 saturated carbocycles. The van der Waals surface area contributed by atoms with Crippen molar-refractivity contribution in [2.24, 2.45) is 11.8 Å². The van der Waals surface area contributed by atoms with Gasteiger partial charge in [0, 0.05) is 11.6 Å². The Balaban J connectivity index is 1.48. The van der Waals surface area contributed by atoms with E-state index in [1.807, 2.05) is 80.6 Å². The van der Waals surface area contributed by atoms with Crippen molar-refractivity contribution >= 4 is 29.1 Å². The summed E-state index contributed by atoms with van der Waals surface area (Å²) >= 11 is 0. The van der Waals surface area contributed by atoms with Gasteiger partial charge in [-0.3, -0.25) is 14.4 Å². The van der Waals surface area contributed by atoms with Crippen LogP contribution >= 0.6 is 0 Å². The number of halogens is 1. The first-order valence-corrected chi connectivity index (χ1v) is 13.0. The minimum absolute atomic E-state index is 0.304. The zero-order valence-corrected chi connectivity index (χ0v) is 21.4. The van der Waals surface area contributed by atoms with Gasteiger partial charge in [-0.25, -0.2) is 9.29 Å². The van der Waals surface area contributed by atoms with Gasteiger partial charge in [0.1, 0.15) is 11.2 Å². The third kappa shape index (κ3) is 3.08. The number of rotatable bonds is 3. The SMILES string of the molecule is Cc1cc(C)cc(NC(=O)C23c4ccccc4C(c4ccccc42)[C@H]2C(=O)N(c4ccc(F)cc4)C(=O)[C@H]23)c1. The fraction of sp³-hybridized carbons (Fsp3) is 0.182. The minimum atomic E-state index is -1.42. The maximum Gasteiger partial charge on any atom is 0.240 e. The van der Waals surface area contributed by atoms with E-state index in [9.17, 15) is 18.8 Å². The largest absolute Gasteiger partial charge is 0.325 e. The van der Waals surface area contributed by atoms with Crippen LogP contribution in [0.3, 0.4) is 0 Å². The first-order chi connectivity index (χ1) is 18.8. The van der Waals surface area contributed by atoms with E-state index in [0.29, 0.717) is 11.4 Å². The van der Waals surface area contributed by atoms with Crippen molar-refractivity contribution in [3.8, 4) is 0 Å². The number of nitrogens with zero attached hydrogens (tertiary/aromatic N) is 1. The molecule has 8 rings (SSSR count). The van der Waals surface area contributed by atoms with Crippen molar-refractivity contribution in [3.63, 3.8) is 0 Å². The predicted octanol–water partition coefficient (Wildman–Crippen LogP) is 5.63. The Kier molecular flexibility index (Phi) is 4.95. The number of amides is 3. The molecule has 1 aliphatic heterocycles. The van der Waals surface area contributed by atoms with E-state index in [-0.39, 0.29) is 17.7 Å². The molecule has 0 radical (unpaired) electrons. The topological polar surface area (TPSA) is 66.5 Å². The Morgan fingerprint density at radius 1 is 0.795 bits per heavy atom. The molecule has 192 valence electrons. The highest BCUT2D eigenvalue weighted by Crippen LogP contribution is 2.64. The molecular formula is C33H25FN2O3. The Labute approximate surface area is 225 Å². The molecule has 3 aliphatic carbocycles. The second-order valence-electron chi connectivity index (χ2n) is 10.8. The number of hydrogen-bond acceptors (Lipinski definition) is 3. The molecule has 5 nitrogen and oxygen atoms in total. The standard InChI is InChI=1S/C33H25FN2O3/c1-18-15-19(2)17-21(16-18)35-32(39)33-25-9-5-3-7-23(25)27(24-8-4-6-10-26(24)33)28-29(33)31(38)36(30(28)37)22-13-11-20(34)12-14-22/h3-17,27-29H,1-2H3,(H,35,39)/t27?,28-,29+,33?/m1/s1. The number of carbonyl (C=O) groups excluding carboxylic acids is 3. The summed E-state index contributed by atoms with van der Waals surface area (Å²) < 4.78 is 13.7. The van der Waals surface area contributed by atoms with Crippen molar-refractivity contribution in [2.45, 2.75) is 25.2 Å². The Hall–Kier alpha value is -4.58. The fourth-order valence-corrected chi connectivity index (χ4v) is 7.28. The van der Waals surface area contributed by atoms with E-state index in [1.54, 1.807) is 0 Å². The van der Waals surface area contributed by atoms with E-state index in [4.69, 9.17) is 0 Å². The lowest BCUT2D eigenvalue weighted by molar-refractivity contribution is -0.132. The van der Waals surface area contributed by atoms with Crippen LogP contribution in [-0.4, -0.2) is 17.7 Å². The summed E-state index contributed by atoms with van der Waals surface area (Å²) in [5.41, 5.74) is 4.79. The first-order valence-electron chi connectivity index (χ1n) is 13.0. The van der Waals surface area contributed by atoms with Crippen LogP contribution in [0.25, 0.3) is 0 Å². The number of nitrogens with one attached hydrogen (secondary N) is 1. The van der Waals surface area contributed by atoms with Crippen molar-refractivity contribution in [2.75, 3.05) is 10.2 Å². The van der Waals surface area contributed by atoms with Crippen LogP contribution in [0.5, 0.6) is 0 Å². The molecule has 4 aliphatic rings. The lowest BCUT2D eigenvalue weighted by atomic mass is 9.47. The normalized spacial score (nSPS) is 24.3. The molecule has 1 saturated heterocycles. The van der Waals surface area contributed by atoms with Gasteiger partial charge in [0.2, 0.25) is 17.7 Å². The van der Waals surface area contributed by atoms with Crippen LogP contribution in [0, 0.1) is 31.5 Å². The number of aryl methyl sites for hydroxylation is 2.